The smallest absolute Gasteiger partial charge is 0.316 e. The number of carbonyl (C=O) groups excluding carboxylic acids is 1. The first kappa shape index (κ1) is 16.1. The molecular formula is C13H15N3O5S2. The molecule has 124 valence electrons. The van der Waals surface area contributed by atoms with Crippen LogP contribution in [0.3, 0.4) is 0 Å². The largest absolute Gasteiger partial charge is 0.461 e. The zero-order valence-electron chi connectivity index (χ0n) is 12.3. The summed E-state index contributed by atoms with van der Waals surface area (Å²) in [5.74, 6) is 0.725. The van der Waals surface area contributed by atoms with Crippen molar-refractivity contribution in [3.63, 3.8) is 0 Å². The number of hydrogen-bond donors (Lipinski definition) is 0. The van der Waals surface area contributed by atoms with Crippen LogP contribution in [0.25, 0.3) is 11.6 Å². The van der Waals surface area contributed by atoms with Crippen LogP contribution in [-0.2, 0) is 26.4 Å². The molecule has 1 aliphatic heterocycles. The molecule has 0 aliphatic carbocycles. The van der Waals surface area contributed by atoms with Crippen molar-refractivity contribution < 1.29 is 22.4 Å². The average molecular weight is 357 g/mol. The van der Waals surface area contributed by atoms with E-state index in [1.807, 2.05) is 0 Å². The van der Waals surface area contributed by atoms with E-state index in [0.29, 0.717) is 23.2 Å². The molecule has 0 amide bonds. The van der Waals surface area contributed by atoms with Crippen molar-refractivity contribution in [3.05, 3.63) is 18.4 Å². The first-order chi connectivity index (χ1) is 10.9. The third kappa shape index (κ3) is 3.75. The van der Waals surface area contributed by atoms with Crippen molar-refractivity contribution in [1.29, 1.82) is 0 Å². The van der Waals surface area contributed by atoms with E-state index in [-0.39, 0.29) is 17.3 Å². The molecule has 3 heterocycles. The van der Waals surface area contributed by atoms with E-state index >= 15 is 0 Å². The van der Waals surface area contributed by atoms with Gasteiger partial charge in [-0.1, -0.05) is 11.8 Å². The molecule has 0 spiro atoms. The zero-order valence-corrected chi connectivity index (χ0v) is 14.0. The second-order valence-corrected chi connectivity index (χ2v) is 8.32. The number of nitrogens with zero attached hydrogens (tertiary/aromatic N) is 3. The van der Waals surface area contributed by atoms with E-state index in [9.17, 15) is 13.2 Å². The van der Waals surface area contributed by atoms with Crippen LogP contribution in [0, 0.1) is 0 Å². The fourth-order valence-corrected chi connectivity index (χ4v) is 4.54. The number of hydrogen-bond acceptors (Lipinski definition) is 8. The fraction of sp³-hybridized carbons (Fsp3) is 0.462. The van der Waals surface area contributed by atoms with Gasteiger partial charge < -0.3 is 13.7 Å². The van der Waals surface area contributed by atoms with Gasteiger partial charge in [0, 0.05) is 7.05 Å². The number of thioether (sulfide) groups is 1. The number of esters is 1. The minimum Gasteiger partial charge on any atom is -0.461 e. The standard InChI is InChI=1S/C13H15N3O5S2/c1-16-12(10-3-2-5-20-10)14-15-13(16)22-7-11(17)21-9-4-6-23(18,19)8-9/h2-3,5,9H,4,6-8H2,1H3/t9-/m0/s1. The molecule has 3 rings (SSSR count). The summed E-state index contributed by atoms with van der Waals surface area (Å²) >= 11 is 1.18. The Morgan fingerprint density at radius 1 is 1.52 bits per heavy atom. The van der Waals surface area contributed by atoms with Gasteiger partial charge in [-0.2, -0.15) is 0 Å². The lowest BCUT2D eigenvalue weighted by Gasteiger charge is -2.09. The molecule has 0 radical (unpaired) electrons. The van der Waals surface area contributed by atoms with E-state index in [0.717, 1.165) is 0 Å². The highest BCUT2D eigenvalue weighted by Crippen LogP contribution is 2.23. The van der Waals surface area contributed by atoms with Crippen molar-refractivity contribution in [2.45, 2.75) is 17.7 Å². The predicted octanol–water partition coefficient (Wildman–Crippen LogP) is 0.897. The van der Waals surface area contributed by atoms with Gasteiger partial charge in [-0.15, -0.1) is 10.2 Å². The monoisotopic (exact) mass is 357 g/mol. The Morgan fingerprint density at radius 2 is 2.35 bits per heavy atom. The molecule has 1 aliphatic rings. The molecule has 23 heavy (non-hydrogen) atoms. The molecule has 0 bridgehead atoms. The van der Waals surface area contributed by atoms with Crippen molar-refractivity contribution in [3.8, 4) is 11.6 Å². The Bertz CT molecular complexity index is 798. The molecule has 8 nitrogen and oxygen atoms in total. The molecule has 1 atom stereocenters. The van der Waals surface area contributed by atoms with Gasteiger partial charge >= 0.3 is 5.97 Å². The van der Waals surface area contributed by atoms with Crippen molar-refractivity contribution in [2.75, 3.05) is 17.3 Å². The van der Waals surface area contributed by atoms with Gasteiger partial charge in [-0.3, -0.25) is 4.79 Å². The van der Waals surface area contributed by atoms with Gasteiger partial charge in [0.1, 0.15) is 6.10 Å². The normalized spacial score (nSPS) is 19.8. The lowest BCUT2D eigenvalue weighted by atomic mass is 10.3. The molecule has 0 unspecified atom stereocenters. The summed E-state index contributed by atoms with van der Waals surface area (Å²) in [5, 5.41) is 8.58. The van der Waals surface area contributed by atoms with Crippen LogP contribution < -0.4 is 0 Å². The third-order valence-electron chi connectivity index (χ3n) is 3.38. The molecule has 1 saturated heterocycles. The summed E-state index contributed by atoms with van der Waals surface area (Å²) in [5.41, 5.74) is 0. The van der Waals surface area contributed by atoms with Crippen LogP contribution in [0.15, 0.2) is 28.0 Å². The van der Waals surface area contributed by atoms with Crippen molar-refractivity contribution in [1.82, 2.24) is 14.8 Å². The quantitative estimate of drug-likeness (QED) is 0.574. The maximum Gasteiger partial charge on any atom is 0.316 e. The maximum atomic E-state index is 11.8. The first-order valence-electron chi connectivity index (χ1n) is 6.90. The molecular weight excluding hydrogens is 342 g/mol. The van der Waals surface area contributed by atoms with Crippen LogP contribution >= 0.6 is 11.8 Å². The predicted molar refractivity (Wildman–Crippen MR) is 82.6 cm³/mol. The Labute approximate surface area is 137 Å². The summed E-state index contributed by atoms with van der Waals surface area (Å²) in [4.78, 5) is 11.8. The van der Waals surface area contributed by atoms with Crippen LogP contribution in [0.5, 0.6) is 0 Å². The molecule has 2 aromatic heterocycles. The minimum absolute atomic E-state index is 0.0423. The Morgan fingerprint density at radius 3 is 3.00 bits per heavy atom. The second-order valence-electron chi connectivity index (χ2n) is 5.15. The van der Waals surface area contributed by atoms with Gasteiger partial charge in [0.25, 0.3) is 0 Å². The zero-order chi connectivity index (χ0) is 16.4. The number of carbonyl (C=O) groups is 1. The summed E-state index contributed by atoms with van der Waals surface area (Å²) < 4.78 is 34.8. The highest BCUT2D eigenvalue weighted by atomic mass is 32.2. The van der Waals surface area contributed by atoms with Crippen LogP contribution in [-0.4, -0.2) is 52.5 Å². The summed E-state index contributed by atoms with van der Waals surface area (Å²) in [6.45, 7) is 0. The highest BCUT2D eigenvalue weighted by molar-refractivity contribution is 7.99. The van der Waals surface area contributed by atoms with Gasteiger partial charge in [0.2, 0.25) is 0 Å². The van der Waals surface area contributed by atoms with Crippen LogP contribution in [0.1, 0.15) is 6.42 Å². The number of furan rings is 1. The molecule has 2 aromatic rings. The highest BCUT2D eigenvalue weighted by Gasteiger charge is 2.30. The topological polar surface area (TPSA) is 104 Å². The summed E-state index contributed by atoms with van der Waals surface area (Å²) in [6.07, 6.45) is 1.38. The van der Waals surface area contributed by atoms with Crippen LogP contribution in [0.2, 0.25) is 0 Å². The molecule has 10 heteroatoms. The maximum absolute atomic E-state index is 11.8. The van der Waals surface area contributed by atoms with E-state index < -0.39 is 21.9 Å². The molecule has 0 saturated carbocycles. The van der Waals surface area contributed by atoms with E-state index in [4.69, 9.17) is 9.15 Å². The number of ether oxygens (including phenoxy) is 1. The molecule has 0 N–H and O–H groups in total. The van der Waals surface area contributed by atoms with Gasteiger partial charge in [0.05, 0.1) is 23.5 Å². The lowest BCUT2D eigenvalue weighted by molar-refractivity contribution is -0.144. The van der Waals surface area contributed by atoms with E-state index in [1.165, 1.54) is 11.8 Å². The van der Waals surface area contributed by atoms with E-state index in [1.54, 1.807) is 30.0 Å². The number of sulfone groups is 1. The average Bonchev–Trinajstić information content (AvgIpc) is 3.18. The van der Waals surface area contributed by atoms with Gasteiger partial charge in [-0.05, 0) is 18.6 Å². The number of aromatic nitrogens is 3. The second kappa shape index (κ2) is 6.36. The minimum atomic E-state index is -3.06. The number of rotatable bonds is 5. The molecule has 1 fully saturated rings. The third-order valence-corrected chi connectivity index (χ3v) is 6.12. The summed E-state index contributed by atoms with van der Waals surface area (Å²) in [7, 11) is -1.28. The Balaban J connectivity index is 1.56. The van der Waals surface area contributed by atoms with Crippen LogP contribution in [0.4, 0.5) is 0 Å². The Hall–Kier alpha value is -1.81. The van der Waals surface area contributed by atoms with Gasteiger partial charge in [0.15, 0.2) is 26.6 Å². The lowest BCUT2D eigenvalue weighted by Crippen LogP contribution is -2.20. The van der Waals surface area contributed by atoms with E-state index in [2.05, 4.69) is 10.2 Å². The van der Waals surface area contributed by atoms with Crippen molar-refractivity contribution in [2.24, 2.45) is 7.05 Å². The van der Waals surface area contributed by atoms with Crippen molar-refractivity contribution >= 4 is 27.6 Å². The molecule has 0 aromatic carbocycles. The summed E-state index contributed by atoms with van der Waals surface area (Å²) in [6, 6.07) is 3.52. The first-order valence-corrected chi connectivity index (χ1v) is 9.71. The fourth-order valence-electron chi connectivity index (χ4n) is 2.26. The Kier molecular flexibility index (Phi) is 4.44. The SMILES string of the molecule is Cn1c(SCC(=O)O[C@H]2CCS(=O)(=O)C2)nnc1-c1ccco1. The van der Waals surface area contributed by atoms with Gasteiger partial charge in [-0.25, -0.2) is 8.42 Å².